The highest BCUT2D eigenvalue weighted by Gasteiger charge is 2.37. The molecule has 0 saturated carbocycles. The molecule has 2 aromatic rings. The second-order valence-electron chi connectivity index (χ2n) is 9.44. The molecule has 5 nitrogen and oxygen atoms in total. The van der Waals surface area contributed by atoms with Gasteiger partial charge in [-0.1, -0.05) is 45.9 Å². The molecule has 5 heteroatoms. The van der Waals surface area contributed by atoms with E-state index in [1.807, 2.05) is 6.07 Å². The number of phenols is 2. The van der Waals surface area contributed by atoms with Gasteiger partial charge < -0.3 is 20.4 Å². The third kappa shape index (κ3) is 4.10. The Morgan fingerprint density at radius 1 is 0.966 bits per heavy atom. The standard InChI is InChI=1S/C24H30O5/c1-23(2)9-10-24(3,4)17-13-15(6-7-16(17)23)18(25)8-5-14-11-19(26)21(22(28)29)20(27)12-14/h6-7,11-13,18,25-27H,5,8-10H2,1-4H3,(H,28,29). The molecule has 0 aromatic heterocycles. The maximum absolute atomic E-state index is 11.1. The topological polar surface area (TPSA) is 98.0 Å². The van der Waals surface area contributed by atoms with Crippen molar-refractivity contribution < 1.29 is 25.2 Å². The van der Waals surface area contributed by atoms with Crippen molar-refractivity contribution in [3.8, 4) is 11.5 Å². The van der Waals surface area contributed by atoms with Gasteiger partial charge in [-0.15, -0.1) is 0 Å². The molecule has 0 bridgehead atoms. The number of aromatic hydroxyl groups is 2. The van der Waals surface area contributed by atoms with Crippen LogP contribution in [-0.2, 0) is 17.3 Å². The van der Waals surface area contributed by atoms with Crippen LogP contribution in [0.3, 0.4) is 0 Å². The molecule has 0 heterocycles. The molecule has 2 aromatic carbocycles. The van der Waals surface area contributed by atoms with E-state index in [9.17, 15) is 20.1 Å². The normalized spacial score (nSPS) is 18.1. The highest BCUT2D eigenvalue weighted by Crippen LogP contribution is 2.46. The number of carboxylic acids is 1. The third-order valence-electron chi connectivity index (χ3n) is 6.34. The Balaban J connectivity index is 1.80. The number of aliphatic hydroxyl groups is 1. The number of fused-ring (bicyclic) bond motifs is 1. The third-order valence-corrected chi connectivity index (χ3v) is 6.34. The maximum atomic E-state index is 11.1. The predicted octanol–water partition coefficient (Wildman–Crippen LogP) is 4.81. The summed E-state index contributed by atoms with van der Waals surface area (Å²) in [4.78, 5) is 11.1. The molecule has 1 aliphatic carbocycles. The number of aryl methyl sites for hydroxylation is 1. The highest BCUT2D eigenvalue weighted by atomic mass is 16.4. The Morgan fingerprint density at radius 2 is 1.52 bits per heavy atom. The van der Waals surface area contributed by atoms with E-state index in [1.54, 1.807) is 0 Å². The van der Waals surface area contributed by atoms with Gasteiger partial charge in [0.05, 0.1) is 6.10 Å². The first-order valence-electron chi connectivity index (χ1n) is 10.0. The molecular formula is C24H30O5. The van der Waals surface area contributed by atoms with Crippen LogP contribution in [0.15, 0.2) is 30.3 Å². The van der Waals surface area contributed by atoms with E-state index in [0.717, 1.165) is 18.4 Å². The molecule has 0 radical (unpaired) electrons. The number of aliphatic hydroxyl groups excluding tert-OH is 1. The molecule has 0 fully saturated rings. The van der Waals surface area contributed by atoms with E-state index >= 15 is 0 Å². The molecule has 1 atom stereocenters. The first kappa shape index (κ1) is 21.2. The molecule has 4 N–H and O–H groups in total. The molecule has 156 valence electrons. The van der Waals surface area contributed by atoms with Crippen LogP contribution in [0.2, 0.25) is 0 Å². The zero-order valence-corrected chi connectivity index (χ0v) is 17.5. The van der Waals surface area contributed by atoms with Gasteiger partial charge in [0, 0.05) is 0 Å². The molecule has 29 heavy (non-hydrogen) atoms. The molecule has 1 unspecified atom stereocenters. The molecule has 0 aliphatic heterocycles. The smallest absolute Gasteiger partial charge is 0.343 e. The fraction of sp³-hybridized carbons (Fsp3) is 0.458. The highest BCUT2D eigenvalue weighted by molar-refractivity contribution is 5.94. The fourth-order valence-corrected chi connectivity index (χ4v) is 4.32. The lowest BCUT2D eigenvalue weighted by Gasteiger charge is -2.42. The van der Waals surface area contributed by atoms with E-state index in [0.29, 0.717) is 18.4 Å². The molecular weight excluding hydrogens is 368 g/mol. The number of carboxylic acid groups (broad SMARTS) is 1. The van der Waals surface area contributed by atoms with E-state index in [-0.39, 0.29) is 10.8 Å². The minimum atomic E-state index is -1.38. The second-order valence-corrected chi connectivity index (χ2v) is 9.44. The van der Waals surface area contributed by atoms with Gasteiger partial charge in [0.2, 0.25) is 0 Å². The van der Waals surface area contributed by atoms with Gasteiger partial charge in [-0.3, -0.25) is 0 Å². The van der Waals surface area contributed by atoms with Crippen LogP contribution in [0.4, 0.5) is 0 Å². The van der Waals surface area contributed by atoms with Crippen LogP contribution >= 0.6 is 0 Å². The Morgan fingerprint density at radius 3 is 2.07 bits per heavy atom. The molecule has 0 amide bonds. The number of carbonyl (C=O) groups is 1. The SMILES string of the molecule is CC1(C)CCC(C)(C)c2cc(C(O)CCc3cc(O)c(C(=O)O)c(O)c3)ccc21. The summed E-state index contributed by atoms with van der Waals surface area (Å²) in [6.07, 6.45) is 2.33. The van der Waals surface area contributed by atoms with E-state index in [2.05, 4.69) is 39.8 Å². The van der Waals surface area contributed by atoms with Crippen molar-refractivity contribution in [1.82, 2.24) is 0 Å². The molecule has 1 aliphatic rings. The number of aromatic carboxylic acids is 1. The molecule has 0 saturated heterocycles. The van der Waals surface area contributed by atoms with Gasteiger partial charge in [-0.05, 0) is 70.9 Å². The summed E-state index contributed by atoms with van der Waals surface area (Å²) >= 11 is 0. The molecule has 3 rings (SSSR count). The summed E-state index contributed by atoms with van der Waals surface area (Å²) in [5.41, 5.74) is 3.72. The summed E-state index contributed by atoms with van der Waals surface area (Å²) in [7, 11) is 0. The Bertz CT molecular complexity index is 919. The summed E-state index contributed by atoms with van der Waals surface area (Å²) < 4.78 is 0. The average molecular weight is 398 g/mol. The van der Waals surface area contributed by atoms with Crippen LogP contribution in [0.1, 0.15) is 85.7 Å². The van der Waals surface area contributed by atoms with Crippen LogP contribution < -0.4 is 0 Å². The van der Waals surface area contributed by atoms with Gasteiger partial charge in [0.1, 0.15) is 17.1 Å². The first-order chi connectivity index (χ1) is 13.4. The van der Waals surface area contributed by atoms with Crippen LogP contribution in [0, 0.1) is 0 Å². The van der Waals surface area contributed by atoms with Crippen molar-refractivity contribution >= 4 is 5.97 Å². The Labute approximate surface area is 171 Å². The monoisotopic (exact) mass is 398 g/mol. The second kappa shape index (κ2) is 7.38. The largest absolute Gasteiger partial charge is 0.507 e. The maximum Gasteiger partial charge on any atom is 0.343 e. The first-order valence-corrected chi connectivity index (χ1v) is 10.0. The van der Waals surface area contributed by atoms with Gasteiger partial charge in [0.15, 0.2) is 0 Å². The lowest BCUT2D eigenvalue weighted by molar-refractivity contribution is 0.0690. The van der Waals surface area contributed by atoms with E-state index in [4.69, 9.17) is 5.11 Å². The minimum absolute atomic E-state index is 0.0603. The van der Waals surface area contributed by atoms with E-state index < -0.39 is 29.1 Å². The number of rotatable bonds is 5. The zero-order valence-electron chi connectivity index (χ0n) is 17.5. The van der Waals surface area contributed by atoms with E-state index in [1.165, 1.54) is 23.3 Å². The van der Waals surface area contributed by atoms with Crippen molar-refractivity contribution in [2.75, 3.05) is 0 Å². The van der Waals surface area contributed by atoms with Crippen molar-refractivity contribution in [3.05, 3.63) is 58.1 Å². The van der Waals surface area contributed by atoms with Crippen LogP contribution in [-0.4, -0.2) is 26.4 Å². The van der Waals surface area contributed by atoms with Crippen LogP contribution in [0.5, 0.6) is 11.5 Å². The lowest BCUT2D eigenvalue weighted by Crippen LogP contribution is -2.34. The van der Waals surface area contributed by atoms with Crippen molar-refractivity contribution in [1.29, 1.82) is 0 Å². The summed E-state index contributed by atoms with van der Waals surface area (Å²) in [5.74, 6) is -2.33. The van der Waals surface area contributed by atoms with Gasteiger partial charge in [0.25, 0.3) is 0 Å². The lowest BCUT2D eigenvalue weighted by atomic mass is 9.63. The van der Waals surface area contributed by atoms with Crippen molar-refractivity contribution in [2.45, 2.75) is 70.3 Å². The van der Waals surface area contributed by atoms with Crippen molar-refractivity contribution in [2.24, 2.45) is 0 Å². The number of hydrogen-bond acceptors (Lipinski definition) is 4. The minimum Gasteiger partial charge on any atom is -0.507 e. The summed E-state index contributed by atoms with van der Waals surface area (Å²) in [6, 6.07) is 8.88. The van der Waals surface area contributed by atoms with Crippen molar-refractivity contribution in [3.63, 3.8) is 0 Å². The molecule has 0 spiro atoms. The Kier molecular flexibility index (Phi) is 5.39. The number of benzene rings is 2. The summed E-state index contributed by atoms with van der Waals surface area (Å²) in [6.45, 7) is 9.01. The zero-order chi connectivity index (χ0) is 21.6. The van der Waals surface area contributed by atoms with Gasteiger partial charge in [-0.2, -0.15) is 0 Å². The van der Waals surface area contributed by atoms with Gasteiger partial charge in [-0.25, -0.2) is 4.79 Å². The van der Waals surface area contributed by atoms with Crippen LogP contribution in [0.25, 0.3) is 0 Å². The Hall–Kier alpha value is -2.53. The predicted molar refractivity (Wildman–Crippen MR) is 112 cm³/mol. The average Bonchev–Trinajstić information content (AvgIpc) is 2.62. The summed E-state index contributed by atoms with van der Waals surface area (Å²) in [5, 5.41) is 39.5. The quantitative estimate of drug-likeness (QED) is 0.579. The van der Waals surface area contributed by atoms with Gasteiger partial charge >= 0.3 is 5.97 Å². The fourth-order valence-electron chi connectivity index (χ4n) is 4.32. The number of hydrogen-bond donors (Lipinski definition) is 4.